The molecule has 0 N–H and O–H groups in total. The molecule has 2 aliphatic heterocycles. The van der Waals surface area contributed by atoms with E-state index in [4.69, 9.17) is 0 Å². The Balaban J connectivity index is 1.30. The van der Waals surface area contributed by atoms with E-state index in [0.29, 0.717) is 11.5 Å². The molecule has 3 heterocycles. The Labute approximate surface area is 172 Å². The number of pyridine rings is 1. The molecule has 2 aliphatic rings. The molecule has 0 atom stereocenters. The van der Waals surface area contributed by atoms with Gasteiger partial charge < -0.3 is 9.80 Å². The molecule has 1 aromatic carbocycles. The number of aryl methyl sites for hydroxylation is 1. The molecular formula is C24H29N3O2. The van der Waals surface area contributed by atoms with Crippen molar-refractivity contribution in [3.63, 3.8) is 0 Å². The Morgan fingerprint density at radius 3 is 2.24 bits per heavy atom. The van der Waals surface area contributed by atoms with Crippen LogP contribution in [0.4, 0.5) is 0 Å². The van der Waals surface area contributed by atoms with Crippen molar-refractivity contribution in [2.24, 2.45) is 5.92 Å². The molecule has 2 fully saturated rings. The Hall–Kier alpha value is -2.69. The minimum Gasteiger partial charge on any atom is -0.339 e. The monoisotopic (exact) mass is 391 g/mol. The zero-order valence-electron chi connectivity index (χ0n) is 17.1. The van der Waals surface area contributed by atoms with Crippen LogP contribution in [0.1, 0.15) is 57.7 Å². The number of hydrogen-bond donors (Lipinski definition) is 0. The van der Waals surface area contributed by atoms with Gasteiger partial charge in [0.2, 0.25) is 0 Å². The zero-order valence-corrected chi connectivity index (χ0v) is 17.1. The van der Waals surface area contributed by atoms with Gasteiger partial charge in [0.05, 0.1) is 5.56 Å². The molecule has 4 rings (SSSR count). The molecule has 5 nitrogen and oxygen atoms in total. The number of benzene rings is 1. The maximum absolute atomic E-state index is 12.7. The number of likely N-dealkylation sites (tertiary alicyclic amines) is 2. The standard InChI is InChI=1S/C24H29N3O2/c1-18-22(5-4-12-25-18)24(29)27-15-10-20(11-16-27)17-19-6-8-21(9-7-19)23(28)26-13-2-3-14-26/h4-9,12,20H,2-3,10-11,13-17H2,1H3. The van der Waals surface area contributed by atoms with Crippen LogP contribution in [-0.4, -0.2) is 52.8 Å². The topological polar surface area (TPSA) is 53.5 Å². The van der Waals surface area contributed by atoms with E-state index in [1.165, 1.54) is 5.56 Å². The summed E-state index contributed by atoms with van der Waals surface area (Å²) in [5.74, 6) is 0.833. The average molecular weight is 392 g/mol. The highest BCUT2D eigenvalue weighted by molar-refractivity contribution is 5.95. The van der Waals surface area contributed by atoms with E-state index in [2.05, 4.69) is 17.1 Å². The molecule has 152 valence electrons. The van der Waals surface area contributed by atoms with E-state index >= 15 is 0 Å². The Morgan fingerprint density at radius 2 is 1.59 bits per heavy atom. The summed E-state index contributed by atoms with van der Waals surface area (Å²) >= 11 is 0. The van der Waals surface area contributed by atoms with Crippen LogP contribution in [-0.2, 0) is 6.42 Å². The molecule has 29 heavy (non-hydrogen) atoms. The van der Waals surface area contributed by atoms with Crippen molar-refractivity contribution in [1.82, 2.24) is 14.8 Å². The predicted molar refractivity (Wildman–Crippen MR) is 113 cm³/mol. The normalized spacial score (nSPS) is 17.6. The van der Waals surface area contributed by atoms with Crippen molar-refractivity contribution in [3.8, 4) is 0 Å². The predicted octanol–water partition coefficient (Wildman–Crippen LogP) is 3.72. The van der Waals surface area contributed by atoms with Crippen molar-refractivity contribution in [3.05, 3.63) is 65.0 Å². The molecular weight excluding hydrogens is 362 g/mol. The zero-order chi connectivity index (χ0) is 20.2. The van der Waals surface area contributed by atoms with Crippen molar-refractivity contribution in [2.75, 3.05) is 26.2 Å². The summed E-state index contributed by atoms with van der Waals surface area (Å²) in [6.45, 7) is 5.25. The summed E-state index contributed by atoms with van der Waals surface area (Å²) < 4.78 is 0. The summed E-state index contributed by atoms with van der Waals surface area (Å²) in [5, 5.41) is 0. The molecule has 2 amide bonds. The molecule has 0 saturated carbocycles. The third kappa shape index (κ3) is 4.50. The number of carbonyl (C=O) groups excluding carboxylic acids is 2. The SMILES string of the molecule is Cc1ncccc1C(=O)N1CCC(Cc2ccc(C(=O)N3CCCC3)cc2)CC1. The molecule has 1 aromatic heterocycles. The second kappa shape index (κ2) is 8.76. The summed E-state index contributed by atoms with van der Waals surface area (Å²) in [5.41, 5.74) is 3.58. The van der Waals surface area contributed by atoms with Gasteiger partial charge in [0.15, 0.2) is 0 Å². The first kappa shape index (κ1) is 19.6. The maximum Gasteiger partial charge on any atom is 0.255 e. The number of carbonyl (C=O) groups is 2. The first-order valence-electron chi connectivity index (χ1n) is 10.7. The molecule has 0 bridgehead atoms. The van der Waals surface area contributed by atoms with Gasteiger partial charge in [-0.15, -0.1) is 0 Å². The third-order valence-electron chi connectivity index (χ3n) is 6.26. The van der Waals surface area contributed by atoms with Gasteiger partial charge in [0.25, 0.3) is 11.8 Å². The minimum atomic E-state index is 0.0961. The second-order valence-electron chi connectivity index (χ2n) is 8.27. The van der Waals surface area contributed by atoms with Crippen molar-refractivity contribution in [2.45, 2.75) is 39.0 Å². The minimum absolute atomic E-state index is 0.0961. The van der Waals surface area contributed by atoms with Gasteiger partial charge >= 0.3 is 0 Å². The molecule has 0 unspecified atom stereocenters. The molecule has 2 aromatic rings. The first-order valence-corrected chi connectivity index (χ1v) is 10.7. The lowest BCUT2D eigenvalue weighted by molar-refractivity contribution is 0.0689. The Kier molecular flexibility index (Phi) is 5.93. The lowest BCUT2D eigenvalue weighted by atomic mass is 9.89. The molecule has 0 spiro atoms. The van der Waals surface area contributed by atoms with Crippen molar-refractivity contribution < 1.29 is 9.59 Å². The molecule has 2 saturated heterocycles. The van der Waals surface area contributed by atoms with Gasteiger partial charge in [-0.3, -0.25) is 14.6 Å². The van der Waals surface area contributed by atoms with Crippen molar-refractivity contribution >= 4 is 11.8 Å². The van der Waals surface area contributed by atoms with Crippen LogP contribution in [0.5, 0.6) is 0 Å². The number of amides is 2. The number of piperidine rings is 1. The smallest absolute Gasteiger partial charge is 0.255 e. The summed E-state index contributed by atoms with van der Waals surface area (Å²) in [6, 6.07) is 11.8. The second-order valence-corrected chi connectivity index (χ2v) is 8.27. The van der Waals surface area contributed by atoms with E-state index in [1.54, 1.807) is 6.20 Å². The van der Waals surface area contributed by atoms with Gasteiger partial charge in [-0.1, -0.05) is 12.1 Å². The largest absolute Gasteiger partial charge is 0.339 e. The van der Waals surface area contributed by atoms with Crippen LogP contribution >= 0.6 is 0 Å². The fraction of sp³-hybridized carbons (Fsp3) is 0.458. The van der Waals surface area contributed by atoms with Crippen LogP contribution in [0.25, 0.3) is 0 Å². The highest BCUT2D eigenvalue weighted by Gasteiger charge is 2.25. The highest BCUT2D eigenvalue weighted by Crippen LogP contribution is 2.24. The summed E-state index contributed by atoms with van der Waals surface area (Å²) in [6.07, 6.45) is 6.99. The van der Waals surface area contributed by atoms with Crippen LogP contribution < -0.4 is 0 Å². The fourth-order valence-corrected chi connectivity index (χ4v) is 4.44. The number of nitrogens with zero attached hydrogens (tertiary/aromatic N) is 3. The lowest BCUT2D eigenvalue weighted by Crippen LogP contribution is -2.39. The third-order valence-corrected chi connectivity index (χ3v) is 6.26. The van der Waals surface area contributed by atoms with Crippen LogP contribution in [0.15, 0.2) is 42.6 Å². The van der Waals surface area contributed by atoms with Crippen LogP contribution in [0.3, 0.4) is 0 Å². The fourth-order valence-electron chi connectivity index (χ4n) is 4.44. The van der Waals surface area contributed by atoms with Gasteiger partial charge in [-0.05, 0) is 74.8 Å². The van der Waals surface area contributed by atoms with E-state index in [1.807, 2.05) is 41.0 Å². The first-order chi connectivity index (χ1) is 14.1. The maximum atomic E-state index is 12.7. The molecule has 0 radical (unpaired) electrons. The van der Waals surface area contributed by atoms with E-state index in [9.17, 15) is 9.59 Å². The van der Waals surface area contributed by atoms with Gasteiger partial charge in [-0.25, -0.2) is 0 Å². The van der Waals surface area contributed by atoms with Gasteiger partial charge in [0, 0.05) is 43.6 Å². The van der Waals surface area contributed by atoms with Gasteiger partial charge in [0.1, 0.15) is 0 Å². The molecule has 5 heteroatoms. The highest BCUT2D eigenvalue weighted by atomic mass is 16.2. The molecule has 0 aliphatic carbocycles. The van der Waals surface area contributed by atoms with E-state index in [-0.39, 0.29) is 11.8 Å². The lowest BCUT2D eigenvalue weighted by Gasteiger charge is -2.32. The van der Waals surface area contributed by atoms with E-state index in [0.717, 1.165) is 69.5 Å². The number of hydrogen-bond acceptors (Lipinski definition) is 3. The van der Waals surface area contributed by atoms with Gasteiger partial charge in [-0.2, -0.15) is 0 Å². The van der Waals surface area contributed by atoms with Crippen LogP contribution in [0.2, 0.25) is 0 Å². The van der Waals surface area contributed by atoms with E-state index < -0.39 is 0 Å². The summed E-state index contributed by atoms with van der Waals surface area (Å²) in [7, 11) is 0. The average Bonchev–Trinajstić information content (AvgIpc) is 3.29. The quantitative estimate of drug-likeness (QED) is 0.798. The number of aromatic nitrogens is 1. The summed E-state index contributed by atoms with van der Waals surface area (Å²) in [4.78, 5) is 33.4. The van der Waals surface area contributed by atoms with Crippen molar-refractivity contribution in [1.29, 1.82) is 0 Å². The van der Waals surface area contributed by atoms with Crippen LogP contribution in [0, 0.1) is 12.8 Å². The Bertz CT molecular complexity index is 864. The Morgan fingerprint density at radius 1 is 0.931 bits per heavy atom. The number of rotatable bonds is 4.